The second kappa shape index (κ2) is 6.50. The molecule has 0 fully saturated rings. The number of carbonyl (C=O) groups excluding carboxylic acids is 1. The molecule has 0 spiro atoms. The molecular formula is C15H23NO4. The average molecular weight is 281 g/mol. The van der Waals surface area contributed by atoms with Gasteiger partial charge in [0.05, 0.1) is 32.1 Å². The zero-order valence-corrected chi connectivity index (χ0v) is 12.8. The fourth-order valence-electron chi connectivity index (χ4n) is 1.58. The van der Waals surface area contributed by atoms with E-state index >= 15 is 0 Å². The number of methoxy groups -OCH3 is 2. The minimum atomic E-state index is -0.469. The normalized spacial score (nSPS) is 11.1. The summed E-state index contributed by atoms with van der Waals surface area (Å²) in [5, 5.41) is 0. The van der Waals surface area contributed by atoms with Crippen molar-refractivity contribution in [3.8, 4) is 11.5 Å². The summed E-state index contributed by atoms with van der Waals surface area (Å²) in [6.07, 6.45) is 0.778. The lowest BCUT2D eigenvalue weighted by Gasteiger charge is -2.18. The minimum absolute atomic E-state index is 0.109. The van der Waals surface area contributed by atoms with E-state index in [0.717, 1.165) is 6.42 Å². The lowest BCUT2D eigenvalue weighted by Crippen LogP contribution is -2.14. The maximum absolute atomic E-state index is 12.1. The molecule has 0 radical (unpaired) electrons. The monoisotopic (exact) mass is 281 g/mol. The summed E-state index contributed by atoms with van der Waals surface area (Å²) < 4.78 is 15.5. The summed E-state index contributed by atoms with van der Waals surface area (Å²) in [6, 6.07) is 3.18. The summed E-state index contributed by atoms with van der Waals surface area (Å²) in [6.45, 7) is 6.61. The molecule has 2 N–H and O–H groups in total. The third kappa shape index (κ3) is 4.33. The average Bonchev–Trinajstić information content (AvgIpc) is 2.37. The van der Waals surface area contributed by atoms with Crippen LogP contribution in [-0.4, -0.2) is 26.8 Å². The molecule has 0 saturated heterocycles. The number of nitrogens with two attached hydrogens (primary N) is 1. The molecule has 5 heteroatoms. The molecular weight excluding hydrogens is 258 g/mol. The van der Waals surface area contributed by atoms with Gasteiger partial charge in [-0.2, -0.15) is 0 Å². The fourth-order valence-corrected chi connectivity index (χ4v) is 1.58. The molecule has 0 bridgehead atoms. The number of benzene rings is 1. The van der Waals surface area contributed by atoms with E-state index in [1.165, 1.54) is 14.2 Å². The van der Waals surface area contributed by atoms with E-state index in [1.54, 1.807) is 12.1 Å². The third-order valence-electron chi connectivity index (χ3n) is 2.88. The Balaban J connectivity index is 2.86. The molecule has 1 rings (SSSR count). The van der Waals surface area contributed by atoms with E-state index in [9.17, 15) is 4.79 Å². The van der Waals surface area contributed by atoms with Crippen LogP contribution in [-0.2, 0) is 4.74 Å². The summed E-state index contributed by atoms with van der Waals surface area (Å²) in [5.41, 5.74) is 6.52. The van der Waals surface area contributed by atoms with Gasteiger partial charge < -0.3 is 19.9 Å². The molecule has 0 saturated carbocycles. The third-order valence-corrected chi connectivity index (χ3v) is 2.88. The molecule has 1 aromatic carbocycles. The van der Waals surface area contributed by atoms with E-state index in [4.69, 9.17) is 19.9 Å². The number of hydrogen-bond donors (Lipinski definition) is 1. The van der Waals surface area contributed by atoms with Gasteiger partial charge >= 0.3 is 5.97 Å². The first-order valence-electron chi connectivity index (χ1n) is 6.47. The van der Waals surface area contributed by atoms with Crippen molar-refractivity contribution >= 4 is 11.7 Å². The number of nitrogen functional groups attached to an aromatic ring is 1. The minimum Gasteiger partial charge on any atom is -0.497 e. The smallest absolute Gasteiger partial charge is 0.340 e. The van der Waals surface area contributed by atoms with Crippen LogP contribution in [0.2, 0.25) is 0 Å². The van der Waals surface area contributed by atoms with Gasteiger partial charge in [0.15, 0.2) is 0 Å². The first-order chi connectivity index (χ1) is 9.28. The summed E-state index contributed by atoms with van der Waals surface area (Å²) in [4.78, 5) is 12.1. The molecule has 0 heterocycles. The zero-order valence-electron chi connectivity index (χ0n) is 12.8. The van der Waals surface area contributed by atoms with Crippen LogP contribution < -0.4 is 15.2 Å². The molecule has 0 aromatic heterocycles. The van der Waals surface area contributed by atoms with Crippen LogP contribution in [0.3, 0.4) is 0 Å². The van der Waals surface area contributed by atoms with Crippen molar-refractivity contribution in [3.05, 3.63) is 17.7 Å². The molecule has 0 amide bonds. The van der Waals surface area contributed by atoms with Crippen LogP contribution in [0.5, 0.6) is 11.5 Å². The van der Waals surface area contributed by atoms with Crippen LogP contribution in [0.4, 0.5) is 5.69 Å². The van der Waals surface area contributed by atoms with Crippen LogP contribution in [0.1, 0.15) is 37.6 Å². The van der Waals surface area contributed by atoms with Gasteiger partial charge in [-0.1, -0.05) is 20.8 Å². The maximum Gasteiger partial charge on any atom is 0.340 e. The van der Waals surface area contributed by atoms with Gasteiger partial charge in [-0.15, -0.1) is 0 Å². The highest BCUT2D eigenvalue weighted by Gasteiger charge is 2.18. The summed E-state index contributed by atoms with van der Waals surface area (Å²) in [7, 11) is 3.00. The topological polar surface area (TPSA) is 70.8 Å². The number of rotatable bonds is 5. The molecule has 0 aliphatic carbocycles. The van der Waals surface area contributed by atoms with Crippen molar-refractivity contribution in [2.75, 3.05) is 26.6 Å². The largest absolute Gasteiger partial charge is 0.497 e. The van der Waals surface area contributed by atoms with Crippen molar-refractivity contribution < 1.29 is 19.0 Å². The highest BCUT2D eigenvalue weighted by atomic mass is 16.5. The van der Waals surface area contributed by atoms with E-state index in [1.807, 2.05) is 0 Å². The maximum atomic E-state index is 12.1. The van der Waals surface area contributed by atoms with Gasteiger partial charge in [-0.25, -0.2) is 4.79 Å². The molecule has 0 aliphatic heterocycles. The summed E-state index contributed by atoms with van der Waals surface area (Å²) in [5.74, 6) is 0.426. The number of anilines is 1. The second-order valence-electron chi connectivity index (χ2n) is 5.74. The first-order valence-corrected chi connectivity index (χ1v) is 6.47. The van der Waals surface area contributed by atoms with E-state index in [-0.39, 0.29) is 16.7 Å². The lowest BCUT2D eigenvalue weighted by molar-refractivity contribution is 0.0465. The summed E-state index contributed by atoms with van der Waals surface area (Å²) >= 11 is 0. The zero-order chi connectivity index (χ0) is 15.3. The van der Waals surface area contributed by atoms with E-state index < -0.39 is 5.97 Å². The fraction of sp³-hybridized carbons (Fsp3) is 0.533. The molecule has 0 atom stereocenters. The SMILES string of the molecule is COc1cc(OC)c(N)c(C(=O)OCCC(C)(C)C)c1. The van der Waals surface area contributed by atoms with Gasteiger partial charge in [0.2, 0.25) is 0 Å². The molecule has 5 nitrogen and oxygen atoms in total. The highest BCUT2D eigenvalue weighted by molar-refractivity contribution is 5.97. The van der Waals surface area contributed by atoms with Crippen LogP contribution in [0.15, 0.2) is 12.1 Å². The van der Waals surface area contributed by atoms with Crippen molar-refractivity contribution in [2.45, 2.75) is 27.2 Å². The number of carbonyl (C=O) groups is 1. The quantitative estimate of drug-likeness (QED) is 0.663. The standard InChI is InChI=1S/C15H23NO4/c1-15(2,3)6-7-20-14(17)11-8-10(18-4)9-12(19-5)13(11)16/h8-9H,6-7,16H2,1-5H3. The lowest BCUT2D eigenvalue weighted by atomic mass is 9.93. The molecule has 20 heavy (non-hydrogen) atoms. The number of esters is 1. The number of hydrogen-bond acceptors (Lipinski definition) is 5. The van der Waals surface area contributed by atoms with Crippen molar-refractivity contribution in [2.24, 2.45) is 5.41 Å². The van der Waals surface area contributed by atoms with Gasteiger partial charge in [-0.3, -0.25) is 0 Å². The van der Waals surface area contributed by atoms with Gasteiger partial charge in [0.1, 0.15) is 11.5 Å². The van der Waals surface area contributed by atoms with Crippen LogP contribution in [0, 0.1) is 5.41 Å². The first kappa shape index (κ1) is 16.1. The molecule has 0 aliphatic rings. The van der Waals surface area contributed by atoms with Gasteiger partial charge in [0, 0.05) is 6.07 Å². The van der Waals surface area contributed by atoms with Gasteiger partial charge in [0.25, 0.3) is 0 Å². The van der Waals surface area contributed by atoms with Crippen molar-refractivity contribution in [3.63, 3.8) is 0 Å². The Morgan fingerprint density at radius 3 is 2.35 bits per heavy atom. The van der Waals surface area contributed by atoms with Crippen LogP contribution in [0.25, 0.3) is 0 Å². The Morgan fingerprint density at radius 1 is 1.20 bits per heavy atom. The van der Waals surface area contributed by atoms with E-state index in [0.29, 0.717) is 18.1 Å². The molecule has 112 valence electrons. The van der Waals surface area contributed by atoms with Crippen LogP contribution >= 0.6 is 0 Å². The van der Waals surface area contributed by atoms with Gasteiger partial charge in [-0.05, 0) is 17.9 Å². The Kier molecular flexibility index (Phi) is 5.25. The Morgan fingerprint density at radius 2 is 1.85 bits per heavy atom. The van der Waals surface area contributed by atoms with Crippen molar-refractivity contribution in [1.82, 2.24) is 0 Å². The predicted octanol–water partition coefficient (Wildman–Crippen LogP) is 2.88. The highest BCUT2D eigenvalue weighted by Crippen LogP contribution is 2.31. The Hall–Kier alpha value is -1.91. The Bertz CT molecular complexity index is 477. The predicted molar refractivity (Wildman–Crippen MR) is 78.3 cm³/mol. The Labute approximate surface area is 120 Å². The molecule has 0 unspecified atom stereocenters. The molecule has 1 aromatic rings. The number of ether oxygens (including phenoxy) is 3. The second-order valence-corrected chi connectivity index (χ2v) is 5.74. The van der Waals surface area contributed by atoms with Crippen molar-refractivity contribution in [1.29, 1.82) is 0 Å². The van der Waals surface area contributed by atoms with E-state index in [2.05, 4.69) is 20.8 Å².